The van der Waals surface area contributed by atoms with E-state index in [0.29, 0.717) is 12.3 Å². The molecule has 110 valence electrons. The summed E-state index contributed by atoms with van der Waals surface area (Å²) in [7, 11) is -3.71. The van der Waals surface area contributed by atoms with E-state index in [1.54, 1.807) is 18.2 Å². The molecular weight excluding hydrogens is 293 g/mol. The van der Waals surface area contributed by atoms with E-state index in [0.717, 1.165) is 36.3 Å². The summed E-state index contributed by atoms with van der Waals surface area (Å²) in [6.45, 7) is 0.688. The number of sulfonamides is 1. The van der Waals surface area contributed by atoms with Crippen LogP contribution in [-0.2, 0) is 16.4 Å². The number of aryl methyl sites for hydroxylation is 1. The first-order valence-corrected chi connectivity index (χ1v) is 8.07. The van der Waals surface area contributed by atoms with Gasteiger partial charge in [0.15, 0.2) is 0 Å². The number of hydrogen-bond acceptors (Lipinski definition) is 3. The molecule has 3 rings (SSSR count). The molecule has 0 fully saturated rings. The zero-order valence-corrected chi connectivity index (χ0v) is 12.0. The third-order valence-corrected chi connectivity index (χ3v) is 4.68. The van der Waals surface area contributed by atoms with Crippen molar-refractivity contribution in [1.82, 2.24) is 0 Å². The average molecular weight is 307 g/mol. The fraction of sp³-hybridized carbons (Fsp3) is 0.200. The topological polar surface area (TPSA) is 55.4 Å². The van der Waals surface area contributed by atoms with Gasteiger partial charge in [0.1, 0.15) is 11.6 Å². The molecule has 0 saturated heterocycles. The molecule has 0 aliphatic carbocycles. The zero-order chi connectivity index (χ0) is 14.9. The lowest BCUT2D eigenvalue weighted by atomic mass is 10.1. The zero-order valence-electron chi connectivity index (χ0n) is 11.2. The molecular formula is C15H14FNO3S. The molecule has 0 radical (unpaired) electrons. The van der Waals surface area contributed by atoms with Gasteiger partial charge < -0.3 is 4.74 Å². The standard InChI is InChI=1S/C15H14FNO3S/c16-12-3-6-14(7-4-12)21(18,19)17-13-5-8-15-11(10-13)2-1-9-20-15/h3-8,10,17H,1-2,9H2. The van der Waals surface area contributed by atoms with Crippen molar-refractivity contribution < 1.29 is 17.5 Å². The Labute approximate surface area is 122 Å². The average Bonchev–Trinajstić information content (AvgIpc) is 2.47. The number of benzene rings is 2. The Balaban J connectivity index is 1.87. The van der Waals surface area contributed by atoms with E-state index in [-0.39, 0.29) is 4.90 Å². The van der Waals surface area contributed by atoms with Crippen molar-refractivity contribution in [3.05, 3.63) is 53.8 Å². The molecule has 0 atom stereocenters. The van der Waals surface area contributed by atoms with Gasteiger partial charge in [-0.15, -0.1) is 0 Å². The van der Waals surface area contributed by atoms with Gasteiger partial charge in [-0.05, 0) is 60.9 Å². The molecule has 2 aromatic carbocycles. The predicted octanol–water partition coefficient (Wildman–Crippen LogP) is 2.95. The van der Waals surface area contributed by atoms with Crippen molar-refractivity contribution >= 4 is 15.7 Å². The molecule has 1 aliphatic heterocycles. The van der Waals surface area contributed by atoms with Gasteiger partial charge in [0.25, 0.3) is 10.0 Å². The van der Waals surface area contributed by atoms with Crippen molar-refractivity contribution in [2.24, 2.45) is 0 Å². The Hall–Kier alpha value is -2.08. The van der Waals surface area contributed by atoms with E-state index >= 15 is 0 Å². The van der Waals surface area contributed by atoms with Crippen LogP contribution >= 0.6 is 0 Å². The van der Waals surface area contributed by atoms with Gasteiger partial charge >= 0.3 is 0 Å². The van der Waals surface area contributed by atoms with Crippen LogP contribution in [0.5, 0.6) is 5.75 Å². The number of anilines is 1. The van der Waals surface area contributed by atoms with Crippen LogP contribution < -0.4 is 9.46 Å². The van der Waals surface area contributed by atoms with E-state index in [9.17, 15) is 12.8 Å². The van der Waals surface area contributed by atoms with Gasteiger partial charge in [-0.1, -0.05) is 0 Å². The van der Waals surface area contributed by atoms with Crippen molar-refractivity contribution in [2.45, 2.75) is 17.7 Å². The van der Waals surface area contributed by atoms with Crippen molar-refractivity contribution in [2.75, 3.05) is 11.3 Å². The fourth-order valence-corrected chi connectivity index (χ4v) is 3.30. The van der Waals surface area contributed by atoms with Crippen LogP contribution in [0.2, 0.25) is 0 Å². The van der Waals surface area contributed by atoms with Crippen LogP contribution in [0.4, 0.5) is 10.1 Å². The highest BCUT2D eigenvalue weighted by Gasteiger charge is 2.16. The monoisotopic (exact) mass is 307 g/mol. The maximum Gasteiger partial charge on any atom is 0.261 e. The van der Waals surface area contributed by atoms with Crippen LogP contribution in [-0.4, -0.2) is 15.0 Å². The smallest absolute Gasteiger partial charge is 0.261 e. The minimum absolute atomic E-state index is 0.0258. The molecule has 1 N–H and O–H groups in total. The van der Waals surface area contributed by atoms with Gasteiger partial charge in [0.05, 0.1) is 11.5 Å². The van der Waals surface area contributed by atoms with Crippen molar-refractivity contribution in [3.8, 4) is 5.75 Å². The highest BCUT2D eigenvalue weighted by molar-refractivity contribution is 7.92. The van der Waals surface area contributed by atoms with Gasteiger partial charge in [-0.3, -0.25) is 4.72 Å². The first kappa shape index (κ1) is 13.9. The second-order valence-electron chi connectivity index (χ2n) is 4.83. The lowest BCUT2D eigenvalue weighted by Gasteiger charge is -2.18. The summed E-state index contributed by atoms with van der Waals surface area (Å²) >= 11 is 0. The van der Waals surface area contributed by atoms with Gasteiger partial charge in [0.2, 0.25) is 0 Å². The first-order chi connectivity index (χ1) is 10.0. The molecule has 1 heterocycles. The number of hydrogen-bond donors (Lipinski definition) is 1. The Morgan fingerprint density at radius 3 is 2.62 bits per heavy atom. The summed E-state index contributed by atoms with van der Waals surface area (Å²) in [6.07, 6.45) is 1.78. The van der Waals surface area contributed by atoms with Crippen molar-refractivity contribution in [3.63, 3.8) is 0 Å². The van der Waals surface area contributed by atoms with Crippen LogP contribution in [0, 0.1) is 5.82 Å². The van der Waals surface area contributed by atoms with E-state index < -0.39 is 15.8 Å². The molecule has 2 aromatic rings. The summed E-state index contributed by atoms with van der Waals surface area (Å²) in [5.74, 6) is 0.325. The van der Waals surface area contributed by atoms with E-state index in [4.69, 9.17) is 4.74 Å². The molecule has 0 bridgehead atoms. The number of ether oxygens (including phenoxy) is 1. The third-order valence-electron chi connectivity index (χ3n) is 3.28. The maximum atomic E-state index is 12.9. The molecule has 6 heteroatoms. The Bertz CT molecular complexity index is 757. The minimum atomic E-state index is -3.71. The van der Waals surface area contributed by atoms with Crippen molar-refractivity contribution in [1.29, 1.82) is 0 Å². The van der Waals surface area contributed by atoms with Gasteiger partial charge in [-0.2, -0.15) is 0 Å². The van der Waals surface area contributed by atoms with E-state index in [1.165, 1.54) is 12.1 Å². The van der Waals surface area contributed by atoms with E-state index in [1.807, 2.05) is 0 Å². The largest absolute Gasteiger partial charge is 0.493 e. The first-order valence-electron chi connectivity index (χ1n) is 6.59. The fourth-order valence-electron chi connectivity index (χ4n) is 2.25. The third kappa shape index (κ3) is 3.00. The normalized spacial score (nSPS) is 14.1. The predicted molar refractivity (Wildman–Crippen MR) is 77.5 cm³/mol. The summed E-state index contributed by atoms with van der Waals surface area (Å²) in [5, 5.41) is 0. The number of fused-ring (bicyclic) bond motifs is 1. The molecule has 1 aliphatic rings. The minimum Gasteiger partial charge on any atom is -0.493 e. The quantitative estimate of drug-likeness (QED) is 0.948. The van der Waals surface area contributed by atoms with E-state index in [2.05, 4.69) is 4.72 Å². The molecule has 0 amide bonds. The molecule has 0 saturated carbocycles. The summed E-state index contributed by atoms with van der Waals surface area (Å²) < 4.78 is 45.3. The lowest BCUT2D eigenvalue weighted by molar-refractivity contribution is 0.288. The SMILES string of the molecule is O=S(=O)(Nc1ccc2c(c1)CCCO2)c1ccc(F)cc1. The number of rotatable bonds is 3. The molecule has 4 nitrogen and oxygen atoms in total. The molecule has 0 unspecified atom stereocenters. The maximum absolute atomic E-state index is 12.9. The second kappa shape index (κ2) is 5.37. The van der Waals surface area contributed by atoms with Crippen LogP contribution in [0.3, 0.4) is 0 Å². The van der Waals surface area contributed by atoms with Crippen LogP contribution in [0.25, 0.3) is 0 Å². The lowest BCUT2D eigenvalue weighted by Crippen LogP contribution is -2.14. The highest BCUT2D eigenvalue weighted by atomic mass is 32.2. The Morgan fingerprint density at radius 1 is 1.10 bits per heavy atom. The van der Waals surface area contributed by atoms with Gasteiger partial charge in [0, 0.05) is 5.69 Å². The molecule has 0 spiro atoms. The molecule has 21 heavy (non-hydrogen) atoms. The van der Waals surface area contributed by atoms with Crippen LogP contribution in [0.15, 0.2) is 47.4 Å². The summed E-state index contributed by atoms with van der Waals surface area (Å²) in [4.78, 5) is 0.0258. The summed E-state index contributed by atoms with van der Waals surface area (Å²) in [5.41, 5.74) is 1.46. The second-order valence-corrected chi connectivity index (χ2v) is 6.52. The van der Waals surface area contributed by atoms with Gasteiger partial charge in [-0.25, -0.2) is 12.8 Å². The van der Waals surface area contributed by atoms with Crippen LogP contribution in [0.1, 0.15) is 12.0 Å². The molecule has 0 aromatic heterocycles. The number of nitrogens with one attached hydrogen (secondary N) is 1. The Kier molecular flexibility index (Phi) is 3.55. The Morgan fingerprint density at radius 2 is 1.86 bits per heavy atom. The summed E-state index contributed by atoms with van der Waals surface area (Å²) in [6, 6.07) is 9.90. The highest BCUT2D eigenvalue weighted by Crippen LogP contribution is 2.28. The number of halogens is 1.